The Bertz CT molecular complexity index is 694. The van der Waals surface area contributed by atoms with Crippen molar-refractivity contribution in [2.75, 3.05) is 11.4 Å². The number of hydrogen-bond acceptors (Lipinski definition) is 3. The van der Waals surface area contributed by atoms with Gasteiger partial charge in [0.05, 0.1) is 5.69 Å². The van der Waals surface area contributed by atoms with Gasteiger partial charge in [-0.05, 0) is 31.5 Å². The summed E-state index contributed by atoms with van der Waals surface area (Å²) < 4.78 is 5.86. The van der Waals surface area contributed by atoms with E-state index in [-0.39, 0.29) is 11.7 Å². The van der Waals surface area contributed by atoms with Crippen LogP contribution in [0.3, 0.4) is 0 Å². The van der Waals surface area contributed by atoms with Gasteiger partial charge in [-0.15, -0.1) is 0 Å². The maximum absolute atomic E-state index is 12.6. The number of aryl methyl sites for hydroxylation is 1. The minimum atomic E-state index is -0.528. The van der Waals surface area contributed by atoms with Crippen LogP contribution in [0.1, 0.15) is 18.1 Å². The molecule has 0 aromatic heterocycles. The largest absolute Gasteiger partial charge is 0.508 e. The SMILES string of the molecule is CCN1C(=O)C(Cc2ccc(C)cc2)Oc2ccc(O)cc21. The van der Waals surface area contributed by atoms with Crippen molar-refractivity contribution < 1.29 is 14.6 Å². The van der Waals surface area contributed by atoms with Crippen molar-refractivity contribution in [3.8, 4) is 11.5 Å². The molecule has 1 aliphatic heterocycles. The Kier molecular flexibility index (Phi) is 3.75. The molecule has 1 unspecified atom stereocenters. The Labute approximate surface area is 130 Å². The van der Waals surface area contributed by atoms with Crippen molar-refractivity contribution in [2.24, 2.45) is 0 Å². The Balaban J connectivity index is 1.89. The average molecular weight is 297 g/mol. The zero-order valence-electron chi connectivity index (χ0n) is 12.7. The summed E-state index contributed by atoms with van der Waals surface area (Å²) in [6.07, 6.45) is 0.00957. The molecule has 0 saturated carbocycles. The monoisotopic (exact) mass is 297 g/mol. The van der Waals surface area contributed by atoms with E-state index in [1.165, 1.54) is 5.56 Å². The molecule has 1 amide bonds. The Morgan fingerprint density at radius 1 is 1.18 bits per heavy atom. The van der Waals surface area contributed by atoms with E-state index in [9.17, 15) is 9.90 Å². The van der Waals surface area contributed by atoms with E-state index < -0.39 is 6.10 Å². The van der Waals surface area contributed by atoms with E-state index in [0.717, 1.165) is 5.56 Å². The number of carbonyl (C=O) groups is 1. The second-order valence-electron chi connectivity index (χ2n) is 5.53. The highest BCUT2D eigenvalue weighted by Crippen LogP contribution is 2.37. The lowest BCUT2D eigenvalue weighted by molar-refractivity contribution is -0.126. The highest BCUT2D eigenvalue weighted by molar-refractivity contribution is 6.00. The molecule has 2 aromatic rings. The molecule has 1 heterocycles. The van der Waals surface area contributed by atoms with Crippen LogP contribution < -0.4 is 9.64 Å². The Morgan fingerprint density at radius 2 is 1.91 bits per heavy atom. The number of aromatic hydroxyl groups is 1. The van der Waals surface area contributed by atoms with Crippen LogP contribution in [0, 0.1) is 6.92 Å². The number of rotatable bonds is 3. The summed E-state index contributed by atoms with van der Waals surface area (Å²) in [5, 5.41) is 9.62. The topological polar surface area (TPSA) is 49.8 Å². The van der Waals surface area contributed by atoms with Crippen LogP contribution in [-0.4, -0.2) is 23.7 Å². The molecule has 0 spiro atoms. The summed E-state index contributed by atoms with van der Waals surface area (Å²) in [6, 6.07) is 13.0. The lowest BCUT2D eigenvalue weighted by atomic mass is 10.0. The van der Waals surface area contributed by atoms with E-state index in [1.807, 2.05) is 38.1 Å². The zero-order valence-corrected chi connectivity index (χ0v) is 12.7. The van der Waals surface area contributed by atoms with Crippen LogP contribution in [0.2, 0.25) is 0 Å². The predicted molar refractivity (Wildman–Crippen MR) is 85.4 cm³/mol. The molecule has 0 bridgehead atoms. The standard InChI is InChI=1S/C18H19NO3/c1-3-19-15-11-14(20)8-9-16(15)22-17(18(19)21)10-13-6-4-12(2)5-7-13/h4-9,11,17,20H,3,10H2,1-2H3. The van der Waals surface area contributed by atoms with E-state index in [2.05, 4.69) is 0 Å². The third kappa shape index (κ3) is 2.64. The third-order valence-corrected chi connectivity index (χ3v) is 3.90. The number of hydrogen-bond donors (Lipinski definition) is 1. The van der Waals surface area contributed by atoms with Gasteiger partial charge in [-0.1, -0.05) is 29.8 Å². The molecule has 114 valence electrons. The molecular weight excluding hydrogens is 278 g/mol. The first-order chi connectivity index (χ1) is 10.6. The van der Waals surface area contributed by atoms with Gasteiger partial charge in [0, 0.05) is 19.0 Å². The van der Waals surface area contributed by atoms with E-state index >= 15 is 0 Å². The average Bonchev–Trinajstić information content (AvgIpc) is 2.51. The molecule has 1 N–H and O–H groups in total. The molecule has 0 fully saturated rings. The predicted octanol–water partition coefficient (Wildman–Crippen LogP) is 3.06. The van der Waals surface area contributed by atoms with E-state index in [4.69, 9.17) is 4.74 Å². The summed E-state index contributed by atoms with van der Waals surface area (Å²) >= 11 is 0. The summed E-state index contributed by atoms with van der Waals surface area (Å²) in [7, 11) is 0. The van der Waals surface area contributed by atoms with Gasteiger partial charge in [-0.3, -0.25) is 4.79 Å². The molecular formula is C18H19NO3. The first-order valence-corrected chi connectivity index (χ1v) is 7.45. The van der Waals surface area contributed by atoms with Crippen molar-refractivity contribution in [3.63, 3.8) is 0 Å². The van der Waals surface area contributed by atoms with Crippen molar-refractivity contribution in [3.05, 3.63) is 53.6 Å². The fourth-order valence-electron chi connectivity index (χ4n) is 2.71. The number of likely N-dealkylation sites (N-methyl/N-ethyl adjacent to an activating group) is 1. The highest BCUT2D eigenvalue weighted by Gasteiger charge is 2.33. The summed E-state index contributed by atoms with van der Waals surface area (Å²) in [5.41, 5.74) is 2.89. The molecule has 0 aliphatic carbocycles. The third-order valence-electron chi connectivity index (χ3n) is 3.90. The van der Waals surface area contributed by atoms with Gasteiger partial charge in [0.1, 0.15) is 11.5 Å². The molecule has 4 nitrogen and oxygen atoms in total. The van der Waals surface area contributed by atoms with Crippen molar-refractivity contribution >= 4 is 11.6 Å². The molecule has 22 heavy (non-hydrogen) atoms. The number of anilines is 1. The number of benzene rings is 2. The van der Waals surface area contributed by atoms with Gasteiger partial charge in [-0.2, -0.15) is 0 Å². The van der Waals surface area contributed by atoms with Gasteiger partial charge in [0.25, 0.3) is 5.91 Å². The first-order valence-electron chi connectivity index (χ1n) is 7.45. The van der Waals surface area contributed by atoms with Crippen LogP contribution in [-0.2, 0) is 11.2 Å². The van der Waals surface area contributed by atoms with Crippen molar-refractivity contribution in [2.45, 2.75) is 26.4 Å². The molecule has 4 heteroatoms. The van der Waals surface area contributed by atoms with Gasteiger partial charge in [0.15, 0.2) is 6.10 Å². The van der Waals surface area contributed by atoms with E-state index in [1.54, 1.807) is 23.1 Å². The molecule has 2 aromatic carbocycles. The molecule has 1 atom stereocenters. The van der Waals surface area contributed by atoms with Gasteiger partial charge < -0.3 is 14.7 Å². The number of ether oxygens (including phenoxy) is 1. The van der Waals surface area contributed by atoms with Gasteiger partial charge in [-0.25, -0.2) is 0 Å². The van der Waals surface area contributed by atoms with Crippen LogP contribution in [0.4, 0.5) is 5.69 Å². The van der Waals surface area contributed by atoms with Crippen LogP contribution in [0.25, 0.3) is 0 Å². The first kappa shape index (κ1) is 14.4. The summed E-state index contributed by atoms with van der Waals surface area (Å²) in [5.74, 6) is 0.697. The number of carbonyl (C=O) groups excluding carboxylic acids is 1. The maximum Gasteiger partial charge on any atom is 0.268 e. The zero-order chi connectivity index (χ0) is 15.7. The number of nitrogens with zero attached hydrogens (tertiary/aromatic N) is 1. The van der Waals surface area contributed by atoms with E-state index in [0.29, 0.717) is 24.4 Å². The van der Waals surface area contributed by atoms with Gasteiger partial charge >= 0.3 is 0 Å². The Morgan fingerprint density at radius 3 is 2.59 bits per heavy atom. The fourth-order valence-corrected chi connectivity index (χ4v) is 2.71. The summed E-state index contributed by atoms with van der Waals surface area (Å²) in [6.45, 7) is 4.50. The second-order valence-corrected chi connectivity index (χ2v) is 5.53. The number of phenols is 1. The van der Waals surface area contributed by atoms with Crippen molar-refractivity contribution in [1.82, 2.24) is 0 Å². The normalized spacial score (nSPS) is 17.1. The molecule has 0 saturated heterocycles. The highest BCUT2D eigenvalue weighted by atomic mass is 16.5. The van der Waals surface area contributed by atoms with Gasteiger partial charge in [0.2, 0.25) is 0 Å². The smallest absolute Gasteiger partial charge is 0.268 e. The summed E-state index contributed by atoms with van der Waals surface area (Å²) in [4.78, 5) is 14.3. The lowest BCUT2D eigenvalue weighted by Gasteiger charge is -2.33. The maximum atomic E-state index is 12.6. The quantitative estimate of drug-likeness (QED) is 0.947. The van der Waals surface area contributed by atoms with Crippen LogP contribution in [0.15, 0.2) is 42.5 Å². The second kappa shape index (κ2) is 5.72. The minimum absolute atomic E-state index is 0.0684. The van der Waals surface area contributed by atoms with Crippen LogP contribution in [0.5, 0.6) is 11.5 Å². The lowest BCUT2D eigenvalue weighted by Crippen LogP contribution is -2.46. The fraction of sp³-hybridized carbons (Fsp3) is 0.278. The van der Waals surface area contributed by atoms with Crippen LogP contribution >= 0.6 is 0 Å². The minimum Gasteiger partial charge on any atom is -0.508 e. The number of amides is 1. The Hall–Kier alpha value is -2.49. The number of phenolic OH excluding ortho intramolecular Hbond substituents is 1. The number of fused-ring (bicyclic) bond motifs is 1. The van der Waals surface area contributed by atoms with Crippen molar-refractivity contribution in [1.29, 1.82) is 0 Å². The molecule has 1 aliphatic rings. The molecule has 3 rings (SSSR count). The molecule has 0 radical (unpaired) electrons.